The molecule has 5 rings (SSSR count). The van der Waals surface area contributed by atoms with Gasteiger partial charge in [-0.25, -0.2) is 4.79 Å². The minimum Gasteiger partial charge on any atom is -0.493 e. The third-order valence-electron chi connectivity index (χ3n) is 7.02. The molecule has 0 fully saturated rings. The van der Waals surface area contributed by atoms with Crippen molar-refractivity contribution in [3.63, 3.8) is 0 Å². The van der Waals surface area contributed by atoms with E-state index in [0.717, 1.165) is 16.7 Å². The number of para-hydroxylation sites is 1. The third-order valence-corrected chi connectivity index (χ3v) is 7.02. The van der Waals surface area contributed by atoms with E-state index in [1.807, 2.05) is 54.6 Å². The number of methoxy groups -OCH3 is 2. The van der Waals surface area contributed by atoms with E-state index < -0.39 is 0 Å². The number of amides is 1. The van der Waals surface area contributed by atoms with E-state index in [1.54, 1.807) is 61.3 Å². The average Bonchev–Trinajstić information content (AvgIpc) is 3.02. The lowest BCUT2D eigenvalue weighted by Gasteiger charge is -2.14. The van der Waals surface area contributed by atoms with Crippen molar-refractivity contribution in [3.8, 4) is 11.5 Å². The average molecular weight is 550 g/mol. The van der Waals surface area contributed by atoms with Gasteiger partial charge in [0, 0.05) is 12.1 Å². The fourth-order valence-corrected chi connectivity index (χ4v) is 4.83. The van der Waals surface area contributed by atoms with Gasteiger partial charge >= 0.3 is 5.69 Å². The molecule has 0 atom stereocenters. The van der Waals surface area contributed by atoms with Crippen LogP contribution in [0.5, 0.6) is 11.5 Å². The largest absolute Gasteiger partial charge is 0.493 e. The fraction of sp³-hybridized carbons (Fsp3) is 0.182. The zero-order chi connectivity index (χ0) is 28.8. The van der Waals surface area contributed by atoms with E-state index in [9.17, 15) is 14.4 Å². The summed E-state index contributed by atoms with van der Waals surface area (Å²) in [4.78, 5) is 39.6. The number of fused-ring (bicyclic) bond motifs is 1. The van der Waals surface area contributed by atoms with Crippen LogP contribution in [-0.2, 0) is 19.5 Å². The normalized spacial score (nSPS) is 10.9. The summed E-state index contributed by atoms with van der Waals surface area (Å²) in [6.45, 7) is 0.894. The van der Waals surface area contributed by atoms with Gasteiger partial charge in [-0.3, -0.25) is 18.7 Å². The maximum absolute atomic E-state index is 13.5. The second-order valence-corrected chi connectivity index (χ2v) is 9.65. The number of ether oxygens (including phenoxy) is 2. The summed E-state index contributed by atoms with van der Waals surface area (Å²) < 4.78 is 13.5. The number of rotatable bonds is 10. The summed E-state index contributed by atoms with van der Waals surface area (Å²) in [5.74, 6) is 1.09. The van der Waals surface area contributed by atoms with Crippen LogP contribution >= 0.6 is 0 Å². The highest BCUT2D eigenvalue weighted by atomic mass is 16.5. The first kappa shape index (κ1) is 27.5. The standard InChI is InChI=1S/C33H31N3O5/c1-40-29-17-14-23(20-30(29)41-2)18-19-34-31(37)26-15-12-25(13-16-26)22-36-32(38)27-10-6-7-11-28(27)35(33(36)39)21-24-8-4-3-5-9-24/h3-17,20H,18-19,21-22H2,1-2H3,(H,34,37). The molecule has 5 aromatic rings. The first-order valence-corrected chi connectivity index (χ1v) is 13.3. The molecule has 0 saturated heterocycles. The second-order valence-electron chi connectivity index (χ2n) is 9.65. The van der Waals surface area contributed by atoms with Crippen LogP contribution in [0.25, 0.3) is 10.9 Å². The van der Waals surface area contributed by atoms with E-state index >= 15 is 0 Å². The van der Waals surface area contributed by atoms with Gasteiger partial charge in [0.1, 0.15) is 0 Å². The van der Waals surface area contributed by atoms with Gasteiger partial charge in [-0.05, 0) is 59.5 Å². The molecule has 8 nitrogen and oxygen atoms in total. The summed E-state index contributed by atoms with van der Waals surface area (Å²) in [5.41, 5.74) is 3.09. The Labute approximate surface area is 237 Å². The number of carbonyl (C=O) groups is 1. The number of nitrogens with one attached hydrogen (secondary N) is 1. The highest BCUT2D eigenvalue weighted by Crippen LogP contribution is 2.27. The second kappa shape index (κ2) is 12.4. The van der Waals surface area contributed by atoms with Crippen molar-refractivity contribution in [2.75, 3.05) is 20.8 Å². The maximum Gasteiger partial charge on any atom is 0.332 e. The van der Waals surface area contributed by atoms with E-state index in [1.165, 1.54) is 4.57 Å². The van der Waals surface area contributed by atoms with Crippen molar-refractivity contribution in [1.29, 1.82) is 0 Å². The Kier molecular flexibility index (Phi) is 8.29. The molecule has 4 aromatic carbocycles. The quantitative estimate of drug-likeness (QED) is 0.281. The number of carbonyl (C=O) groups excluding carboxylic acids is 1. The zero-order valence-corrected chi connectivity index (χ0v) is 23.0. The smallest absolute Gasteiger partial charge is 0.332 e. The molecule has 0 aliphatic carbocycles. The summed E-state index contributed by atoms with van der Waals surface area (Å²) in [6.07, 6.45) is 0.629. The van der Waals surface area contributed by atoms with Crippen molar-refractivity contribution in [2.45, 2.75) is 19.5 Å². The van der Waals surface area contributed by atoms with E-state index in [2.05, 4.69) is 5.32 Å². The van der Waals surface area contributed by atoms with Gasteiger partial charge in [-0.1, -0.05) is 60.7 Å². The van der Waals surface area contributed by atoms with Crippen LogP contribution in [0.15, 0.2) is 107 Å². The molecule has 1 heterocycles. The highest BCUT2D eigenvalue weighted by Gasteiger charge is 2.14. The van der Waals surface area contributed by atoms with Crippen LogP contribution in [0.4, 0.5) is 0 Å². The molecular weight excluding hydrogens is 518 g/mol. The lowest BCUT2D eigenvalue weighted by Crippen LogP contribution is -2.40. The summed E-state index contributed by atoms with van der Waals surface area (Å²) in [6, 6.07) is 29.4. The number of hydrogen-bond donors (Lipinski definition) is 1. The molecule has 0 bridgehead atoms. The van der Waals surface area contributed by atoms with Crippen molar-refractivity contribution < 1.29 is 14.3 Å². The molecule has 0 unspecified atom stereocenters. The van der Waals surface area contributed by atoms with Crippen molar-refractivity contribution in [2.24, 2.45) is 0 Å². The Bertz CT molecular complexity index is 1790. The maximum atomic E-state index is 13.5. The number of benzene rings is 4. The van der Waals surface area contributed by atoms with Gasteiger partial charge in [0.25, 0.3) is 11.5 Å². The molecule has 0 radical (unpaired) electrons. The first-order valence-electron chi connectivity index (χ1n) is 13.3. The van der Waals surface area contributed by atoms with Crippen LogP contribution in [0, 0.1) is 0 Å². The van der Waals surface area contributed by atoms with Crippen molar-refractivity contribution >= 4 is 16.8 Å². The molecule has 1 aromatic heterocycles. The monoisotopic (exact) mass is 549 g/mol. The van der Waals surface area contributed by atoms with Crippen molar-refractivity contribution in [1.82, 2.24) is 14.5 Å². The van der Waals surface area contributed by atoms with Gasteiger partial charge in [-0.2, -0.15) is 0 Å². The van der Waals surface area contributed by atoms with Crippen molar-refractivity contribution in [3.05, 3.63) is 140 Å². The lowest BCUT2D eigenvalue weighted by atomic mass is 10.1. The molecule has 1 amide bonds. The number of aromatic nitrogens is 2. The third kappa shape index (κ3) is 6.06. The molecule has 0 spiro atoms. The molecule has 1 N–H and O–H groups in total. The Morgan fingerprint density at radius 2 is 1.34 bits per heavy atom. The molecule has 0 saturated carbocycles. The molecular formula is C33H31N3O5. The number of hydrogen-bond acceptors (Lipinski definition) is 5. The van der Waals surface area contributed by atoms with Crippen LogP contribution in [0.1, 0.15) is 27.0 Å². The molecule has 0 aliphatic heterocycles. The fourth-order valence-electron chi connectivity index (χ4n) is 4.83. The Hall–Kier alpha value is -5.11. The molecule has 41 heavy (non-hydrogen) atoms. The van der Waals surface area contributed by atoms with E-state index in [4.69, 9.17) is 9.47 Å². The summed E-state index contributed by atoms with van der Waals surface area (Å²) in [5, 5.41) is 3.41. The topological polar surface area (TPSA) is 91.6 Å². The Morgan fingerprint density at radius 3 is 2.07 bits per heavy atom. The van der Waals surface area contributed by atoms with Gasteiger partial charge in [-0.15, -0.1) is 0 Å². The van der Waals surface area contributed by atoms with Crippen LogP contribution in [-0.4, -0.2) is 35.8 Å². The molecule has 0 aliphatic rings. The highest BCUT2D eigenvalue weighted by molar-refractivity contribution is 5.94. The first-order chi connectivity index (χ1) is 20.0. The predicted octanol–water partition coefficient (Wildman–Crippen LogP) is 4.25. The zero-order valence-electron chi connectivity index (χ0n) is 23.0. The Balaban J connectivity index is 1.30. The Morgan fingerprint density at radius 1 is 0.707 bits per heavy atom. The van der Waals surface area contributed by atoms with E-state index in [0.29, 0.717) is 47.5 Å². The van der Waals surface area contributed by atoms with Gasteiger partial charge < -0.3 is 14.8 Å². The van der Waals surface area contributed by atoms with Gasteiger partial charge in [0.15, 0.2) is 11.5 Å². The minimum absolute atomic E-state index is 0.0957. The number of nitrogens with zero attached hydrogens (tertiary/aromatic N) is 2. The van der Waals surface area contributed by atoms with Crippen LogP contribution in [0.3, 0.4) is 0 Å². The lowest BCUT2D eigenvalue weighted by molar-refractivity contribution is 0.0954. The predicted molar refractivity (Wildman–Crippen MR) is 159 cm³/mol. The van der Waals surface area contributed by atoms with Crippen LogP contribution in [0.2, 0.25) is 0 Å². The molecule has 208 valence electrons. The summed E-state index contributed by atoms with van der Waals surface area (Å²) in [7, 11) is 3.18. The van der Waals surface area contributed by atoms with Crippen LogP contribution < -0.4 is 26.0 Å². The SMILES string of the molecule is COc1ccc(CCNC(=O)c2ccc(Cn3c(=O)c4ccccc4n(Cc4ccccc4)c3=O)cc2)cc1OC. The molecule has 8 heteroatoms. The summed E-state index contributed by atoms with van der Waals surface area (Å²) >= 11 is 0. The van der Waals surface area contributed by atoms with E-state index in [-0.39, 0.29) is 23.7 Å². The minimum atomic E-state index is -0.380. The van der Waals surface area contributed by atoms with Gasteiger partial charge in [0.05, 0.1) is 38.2 Å². The van der Waals surface area contributed by atoms with Gasteiger partial charge in [0.2, 0.25) is 0 Å².